The third-order valence-corrected chi connectivity index (χ3v) is 7.60. The average Bonchev–Trinajstić information content (AvgIpc) is 3.51. The van der Waals surface area contributed by atoms with Gasteiger partial charge in [0.1, 0.15) is 6.61 Å². The predicted octanol–water partition coefficient (Wildman–Crippen LogP) is 6.03. The Balaban J connectivity index is 1.51. The largest absolute Gasteiger partial charge is 0.493 e. The van der Waals surface area contributed by atoms with Crippen molar-refractivity contribution in [3.05, 3.63) is 164 Å². The molecule has 0 fully saturated rings. The summed E-state index contributed by atoms with van der Waals surface area (Å²) in [6.45, 7) is 4.09. The molecule has 8 heteroatoms. The molecular weight excluding hydrogens is 540 g/mol. The number of aryl methyl sites for hydroxylation is 2. The van der Waals surface area contributed by atoms with E-state index in [1.807, 2.05) is 123 Å². The van der Waals surface area contributed by atoms with E-state index >= 15 is 0 Å². The minimum absolute atomic E-state index is 0.233. The molecule has 0 aliphatic rings. The third-order valence-electron chi connectivity index (χ3n) is 7.60. The van der Waals surface area contributed by atoms with Gasteiger partial charge in [-0.2, -0.15) is 0 Å². The normalized spacial score (nSPS) is 11.2. The molecule has 0 unspecified atom stereocenters. The van der Waals surface area contributed by atoms with E-state index in [1.165, 1.54) is 9.36 Å². The zero-order valence-electron chi connectivity index (χ0n) is 24.2. The average molecular weight is 573 g/mol. The summed E-state index contributed by atoms with van der Waals surface area (Å²) in [6.07, 6.45) is 0. The Morgan fingerprint density at radius 2 is 1.14 bits per heavy atom. The molecule has 0 aliphatic carbocycles. The number of aromatic nitrogens is 4. The summed E-state index contributed by atoms with van der Waals surface area (Å²) in [5.41, 5.74) is 4.97. The molecule has 4 aromatic carbocycles. The molecule has 2 aromatic heterocycles. The van der Waals surface area contributed by atoms with Crippen LogP contribution in [0.5, 0.6) is 11.5 Å². The number of nitrogens with one attached hydrogen (secondary N) is 2. The van der Waals surface area contributed by atoms with Crippen LogP contribution in [0.1, 0.15) is 39.6 Å². The molecule has 0 saturated carbocycles. The van der Waals surface area contributed by atoms with Crippen molar-refractivity contribution in [3.8, 4) is 22.9 Å². The number of hydrogen-bond acceptors (Lipinski definition) is 4. The molecule has 6 rings (SSSR count). The van der Waals surface area contributed by atoms with Crippen molar-refractivity contribution < 1.29 is 9.47 Å². The van der Waals surface area contributed by atoms with Crippen molar-refractivity contribution in [2.45, 2.75) is 26.4 Å². The highest BCUT2D eigenvalue weighted by Crippen LogP contribution is 2.37. The fourth-order valence-electron chi connectivity index (χ4n) is 5.51. The first-order chi connectivity index (χ1) is 21.0. The molecule has 0 radical (unpaired) electrons. The van der Waals surface area contributed by atoms with Gasteiger partial charge >= 0.3 is 0 Å². The van der Waals surface area contributed by atoms with Gasteiger partial charge in [-0.3, -0.25) is 19.8 Å². The Morgan fingerprint density at radius 3 is 1.63 bits per heavy atom. The maximum Gasteiger partial charge on any atom is 0.275 e. The van der Waals surface area contributed by atoms with E-state index in [-0.39, 0.29) is 11.1 Å². The van der Waals surface area contributed by atoms with Crippen molar-refractivity contribution in [3.63, 3.8) is 0 Å². The first-order valence-corrected chi connectivity index (χ1v) is 14.0. The van der Waals surface area contributed by atoms with Crippen molar-refractivity contribution in [2.24, 2.45) is 0 Å². The summed E-state index contributed by atoms with van der Waals surface area (Å²) < 4.78 is 14.9. The summed E-state index contributed by atoms with van der Waals surface area (Å²) in [5.74, 6) is 0.375. The predicted molar refractivity (Wildman–Crippen MR) is 167 cm³/mol. The van der Waals surface area contributed by atoms with Crippen LogP contribution in [0.3, 0.4) is 0 Å². The van der Waals surface area contributed by atoms with Crippen LogP contribution in [-0.4, -0.2) is 26.7 Å². The van der Waals surface area contributed by atoms with Crippen molar-refractivity contribution >= 4 is 0 Å². The molecule has 0 saturated heterocycles. The highest BCUT2D eigenvalue weighted by Gasteiger charge is 2.31. The Hall–Kier alpha value is -5.50. The van der Waals surface area contributed by atoms with Crippen molar-refractivity contribution in [1.82, 2.24) is 19.6 Å². The summed E-state index contributed by atoms with van der Waals surface area (Å²) in [6, 6.07) is 34.2. The van der Waals surface area contributed by atoms with Gasteiger partial charge in [-0.15, -0.1) is 0 Å². The summed E-state index contributed by atoms with van der Waals surface area (Å²) in [4.78, 5) is 28.2. The molecule has 6 aromatic rings. The van der Waals surface area contributed by atoms with Gasteiger partial charge < -0.3 is 9.47 Å². The van der Waals surface area contributed by atoms with Crippen LogP contribution in [-0.2, 0) is 6.61 Å². The number of methoxy groups -OCH3 is 1. The van der Waals surface area contributed by atoms with Crippen LogP contribution in [0.25, 0.3) is 11.4 Å². The Morgan fingerprint density at radius 1 is 0.651 bits per heavy atom. The zero-order valence-corrected chi connectivity index (χ0v) is 24.2. The topological polar surface area (TPSA) is 94.0 Å². The van der Waals surface area contributed by atoms with E-state index in [1.54, 1.807) is 7.11 Å². The second kappa shape index (κ2) is 11.8. The second-order valence-corrected chi connectivity index (χ2v) is 10.4. The molecular formula is C35H32N4O4. The molecule has 8 nitrogen and oxygen atoms in total. The van der Waals surface area contributed by atoms with E-state index in [2.05, 4.69) is 10.2 Å². The number of aromatic amines is 2. The number of benzene rings is 4. The maximum atomic E-state index is 14.1. The van der Waals surface area contributed by atoms with Gasteiger partial charge in [-0.05, 0) is 61.4 Å². The molecule has 2 heterocycles. The summed E-state index contributed by atoms with van der Waals surface area (Å²) in [5, 5.41) is 6.47. The number of para-hydroxylation sites is 2. The van der Waals surface area contributed by atoms with E-state index in [9.17, 15) is 9.59 Å². The molecule has 0 bridgehead atoms. The standard InChI is InChI=1S/C35H32N4O4/c1-23-31(34(40)38(36-23)27-15-9-5-10-16-27)33(32-24(2)37-39(35(32)41)28-17-11-6-12-18-28)26-19-20-29(30(21-26)42-3)43-22-25-13-7-4-8-14-25/h4-21,33,36-37H,22H2,1-3H3. The summed E-state index contributed by atoms with van der Waals surface area (Å²) >= 11 is 0. The fraction of sp³-hybridized carbons (Fsp3) is 0.143. The van der Waals surface area contributed by atoms with E-state index < -0.39 is 5.92 Å². The fourth-order valence-corrected chi connectivity index (χ4v) is 5.51. The quantitative estimate of drug-likeness (QED) is 0.221. The molecule has 0 amide bonds. The third kappa shape index (κ3) is 5.30. The van der Waals surface area contributed by atoms with Gasteiger partial charge in [-0.1, -0.05) is 72.8 Å². The monoisotopic (exact) mass is 572 g/mol. The molecule has 0 atom stereocenters. The lowest BCUT2D eigenvalue weighted by Gasteiger charge is -2.18. The van der Waals surface area contributed by atoms with Crippen LogP contribution < -0.4 is 20.6 Å². The molecule has 0 spiro atoms. The van der Waals surface area contributed by atoms with Crippen LogP contribution in [0, 0.1) is 13.8 Å². The summed E-state index contributed by atoms with van der Waals surface area (Å²) in [7, 11) is 1.58. The number of H-pyrrole nitrogens is 2. The van der Waals surface area contributed by atoms with Crippen LogP contribution in [0.15, 0.2) is 119 Å². The second-order valence-electron chi connectivity index (χ2n) is 10.4. The smallest absolute Gasteiger partial charge is 0.275 e. The number of hydrogen-bond donors (Lipinski definition) is 2. The van der Waals surface area contributed by atoms with Crippen LogP contribution >= 0.6 is 0 Å². The van der Waals surface area contributed by atoms with Gasteiger partial charge in [0.05, 0.1) is 29.6 Å². The molecule has 2 N–H and O–H groups in total. The lowest BCUT2D eigenvalue weighted by molar-refractivity contribution is 0.284. The number of ether oxygens (including phenoxy) is 2. The van der Waals surface area contributed by atoms with Crippen LogP contribution in [0.2, 0.25) is 0 Å². The highest BCUT2D eigenvalue weighted by atomic mass is 16.5. The molecule has 0 aliphatic heterocycles. The highest BCUT2D eigenvalue weighted by molar-refractivity contribution is 5.52. The van der Waals surface area contributed by atoms with Gasteiger partial charge in [0, 0.05) is 17.3 Å². The lowest BCUT2D eigenvalue weighted by atomic mass is 9.85. The Bertz CT molecular complexity index is 1870. The van der Waals surface area contributed by atoms with Gasteiger partial charge in [0.15, 0.2) is 11.5 Å². The van der Waals surface area contributed by atoms with E-state index in [0.717, 1.165) is 11.1 Å². The SMILES string of the molecule is COc1cc(C(c2c(C)[nH]n(-c3ccccc3)c2=O)c2c(C)[nH]n(-c3ccccc3)c2=O)ccc1OCc1ccccc1. The van der Waals surface area contributed by atoms with Gasteiger partial charge in [-0.25, -0.2) is 9.36 Å². The minimum atomic E-state index is -0.695. The number of rotatable bonds is 9. The van der Waals surface area contributed by atoms with Gasteiger partial charge in [0.25, 0.3) is 11.1 Å². The minimum Gasteiger partial charge on any atom is -0.493 e. The Labute approximate surface area is 248 Å². The maximum absolute atomic E-state index is 14.1. The van der Waals surface area contributed by atoms with Crippen LogP contribution in [0.4, 0.5) is 0 Å². The first-order valence-electron chi connectivity index (χ1n) is 14.0. The molecule has 216 valence electrons. The van der Waals surface area contributed by atoms with Crippen molar-refractivity contribution in [1.29, 1.82) is 0 Å². The Kier molecular flexibility index (Phi) is 7.57. The van der Waals surface area contributed by atoms with Gasteiger partial charge in [0.2, 0.25) is 0 Å². The van der Waals surface area contributed by atoms with E-state index in [4.69, 9.17) is 9.47 Å². The van der Waals surface area contributed by atoms with Crippen molar-refractivity contribution in [2.75, 3.05) is 7.11 Å². The zero-order chi connectivity index (χ0) is 29.9. The first kappa shape index (κ1) is 27.7. The molecule has 43 heavy (non-hydrogen) atoms. The van der Waals surface area contributed by atoms with E-state index in [0.29, 0.717) is 52.0 Å². The number of nitrogens with zero attached hydrogens (tertiary/aromatic N) is 2. The lowest BCUT2D eigenvalue weighted by Crippen LogP contribution is -2.25.